The molecule has 0 aromatic rings. The number of esters is 2. The molecule has 0 saturated carbocycles. The minimum atomic E-state index is -0.566. The first kappa shape index (κ1) is 69.3. The third kappa shape index (κ3) is 59.9. The number of carbonyl (C=O) groups is 2. The van der Waals surface area contributed by atoms with Gasteiger partial charge in [-0.2, -0.15) is 0 Å². The van der Waals surface area contributed by atoms with Crippen molar-refractivity contribution in [1.82, 2.24) is 0 Å². The molecule has 1 atom stereocenters. The van der Waals surface area contributed by atoms with Crippen LogP contribution >= 0.6 is 0 Å². The second kappa shape index (κ2) is 62.6. The maximum atomic E-state index is 12.9. The van der Waals surface area contributed by atoms with E-state index in [1.165, 1.54) is 212 Å². The molecule has 0 rings (SSSR count). The van der Waals surface area contributed by atoms with Crippen molar-refractivity contribution in [2.24, 2.45) is 0 Å². The van der Waals surface area contributed by atoms with Crippen LogP contribution in [0.3, 0.4) is 0 Å². The van der Waals surface area contributed by atoms with E-state index < -0.39 is 6.10 Å². The SMILES string of the molecule is CC/C=C\C/C=C\C/C=C\C/C=C\C/C=C\C/C=C\CCC(=O)OCC(COCCCCCCCCCCCCCCCCCCCC)OC(=O)CCCCCCCCCCCCCCCCCCCCC. The molecule has 0 aliphatic heterocycles. The molecule has 0 bridgehead atoms. The first-order valence-corrected chi connectivity index (χ1v) is 31.5. The third-order valence-corrected chi connectivity index (χ3v) is 13.8. The van der Waals surface area contributed by atoms with Gasteiger partial charge in [-0.15, -0.1) is 0 Å². The molecule has 5 heteroatoms. The molecule has 0 aliphatic carbocycles. The van der Waals surface area contributed by atoms with Gasteiger partial charge < -0.3 is 14.2 Å². The highest BCUT2D eigenvalue weighted by atomic mass is 16.6. The summed E-state index contributed by atoms with van der Waals surface area (Å²) in [6, 6.07) is 0. The van der Waals surface area contributed by atoms with Crippen molar-refractivity contribution in [3.05, 3.63) is 72.9 Å². The van der Waals surface area contributed by atoms with Crippen LogP contribution in [0.25, 0.3) is 0 Å². The Kier molecular flexibility index (Phi) is 60.3. The average molecular weight is 1010 g/mol. The van der Waals surface area contributed by atoms with Crippen LogP contribution < -0.4 is 0 Å². The van der Waals surface area contributed by atoms with Crippen molar-refractivity contribution < 1.29 is 23.8 Å². The van der Waals surface area contributed by atoms with Crippen LogP contribution in [0, 0.1) is 0 Å². The van der Waals surface area contributed by atoms with Crippen LogP contribution in [0.2, 0.25) is 0 Å². The molecule has 0 N–H and O–H groups in total. The Morgan fingerprint density at radius 3 is 0.972 bits per heavy atom. The fraction of sp³-hybridized carbons (Fsp3) is 0.791. The van der Waals surface area contributed by atoms with Gasteiger partial charge >= 0.3 is 11.9 Å². The van der Waals surface area contributed by atoms with Crippen LogP contribution in [-0.2, 0) is 23.8 Å². The van der Waals surface area contributed by atoms with E-state index in [1.807, 2.05) is 6.08 Å². The van der Waals surface area contributed by atoms with Gasteiger partial charge in [0.25, 0.3) is 0 Å². The number of allylic oxidation sites excluding steroid dienone is 12. The fourth-order valence-corrected chi connectivity index (χ4v) is 9.13. The number of rotatable bonds is 58. The van der Waals surface area contributed by atoms with E-state index in [-0.39, 0.29) is 25.2 Å². The molecule has 0 aromatic carbocycles. The second-order valence-electron chi connectivity index (χ2n) is 20.9. The lowest BCUT2D eigenvalue weighted by Gasteiger charge is -2.18. The Labute approximate surface area is 448 Å². The predicted molar refractivity (Wildman–Crippen MR) is 316 cm³/mol. The minimum Gasteiger partial charge on any atom is -0.462 e. The zero-order chi connectivity index (χ0) is 52.0. The van der Waals surface area contributed by atoms with Gasteiger partial charge in [0, 0.05) is 19.4 Å². The summed E-state index contributed by atoms with van der Waals surface area (Å²) in [4.78, 5) is 25.6. The van der Waals surface area contributed by atoms with Crippen molar-refractivity contribution in [1.29, 1.82) is 0 Å². The molecule has 0 radical (unpaired) electrons. The van der Waals surface area contributed by atoms with E-state index >= 15 is 0 Å². The Balaban J connectivity index is 4.34. The molecule has 0 amide bonds. The molecule has 0 spiro atoms. The zero-order valence-corrected chi connectivity index (χ0v) is 48.2. The Bertz CT molecular complexity index is 1270. The molecular weight excluding hydrogens is 885 g/mol. The minimum absolute atomic E-state index is 0.0483. The summed E-state index contributed by atoms with van der Waals surface area (Å²) in [6.07, 6.45) is 82.4. The number of hydrogen-bond acceptors (Lipinski definition) is 5. The summed E-state index contributed by atoms with van der Waals surface area (Å²) in [5.41, 5.74) is 0. The summed E-state index contributed by atoms with van der Waals surface area (Å²) in [5, 5.41) is 0. The van der Waals surface area contributed by atoms with Crippen LogP contribution in [0.5, 0.6) is 0 Å². The molecule has 0 fully saturated rings. The van der Waals surface area contributed by atoms with Gasteiger partial charge in [-0.1, -0.05) is 318 Å². The van der Waals surface area contributed by atoms with Gasteiger partial charge in [-0.3, -0.25) is 9.59 Å². The summed E-state index contributed by atoms with van der Waals surface area (Å²) >= 11 is 0. The molecule has 5 nitrogen and oxygen atoms in total. The zero-order valence-electron chi connectivity index (χ0n) is 48.2. The smallest absolute Gasteiger partial charge is 0.306 e. The number of hydrogen-bond donors (Lipinski definition) is 0. The molecule has 1 unspecified atom stereocenters. The third-order valence-electron chi connectivity index (χ3n) is 13.8. The first-order chi connectivity index (χ1) is 35.6. The van der Waals surface area contributed by atoms with Gasteiger partial charge in [-0.05, 0) is 57.8 Å². The monoisotopic (exact) mass is 1000 g/mol. The Hall–Kier alpha value is -2.66. The molecule has 0 aliphatic rings. The Morgan fingerprint density at radius 1 is 0.319 bits per heavy atom. The lowest BCUT2D eigenvalue weighted by molar-refractivity contribution is -0.162. The molecule has 0 saturated heterocycles. The summed E-state index contributed by atoms with van der Waals surface area (Å²) in [7, 11) is 0. The molecule has 72 heavy (non-hydrogen) atoms. The fourth-order valence-electron chi connectivity index (χ4n) is 9.13. The van der Waals surface area contributed by atoms with Crippen LogP contribution in [-0.4, -0.2) is 37.9 Å². The van der Waals surface area contributed by atoms with Crippen molar-refractivity contribution in [3.63, 3.8) is 0 Å². The van der Waals surface area contributed by atoms with E-state index in [4.69, 9.17) is 14.2 Å². The standard InChI is InChI=1S/C67H120O5/c1-4-7-10-13-16-19-22-25-28-31-34-36-39-42-45-48-51-54-57-60-66(68)71-64-65(63-70-62-59-56-53-50-47-44-41-38-33-30-27-24-21-18-15-12-9-6-3)72-67(69)61-58-55-52-49-46-43-40-37-35-32-29-26-23-20-17-14-11-8-5-2/h7,10,16,19,25,28,34,36,42,45,51,54,65H,4-6,8-9,11-15,17-18,20-24,26-27,29-33,35,37-41,43-44,46-50,52-53,55-64H2,1-3H3/b10-7-,19-16-,28-25-,36-34-,45-42-,54-51-. The van der Waals surface area contributed by atoms with Crippen molar-refractivity contribution in [3.8, 4) is 0 Å². The van der Waals surface area contributed by atoms with Gasteiger partial charge in [0.05, 0.1) is 6.61 Å². The summed E-state index contributed by atoms with van der Waals surface area (Å²) < 4.78 is 17.5. The average Bonchev–Trinajstić information content (AvgIpc) is 3.38. The van der Waals surface area contributed by atoms with Crippen molar-refractivity contribution >= 4 is 11.9 Å². The molecule has 0 aromatic heterocycles. The maximum absolute atomic E-state index is 12.9. The van der Waals surface area contributed by atoms with E-state index in [2.05, 4.69) is 87.6 Å². The number of ether oxygens (including phenoxy) is 3. The summed E-state index contributed by atoms with van der Waals surface area (Å²) in [6.45, 7) is 7.70. The lowest BCUT2D eigenvalue weighted by Crippen LogP contribution is -2.30. The normalized spacial score (nSPS) is 12.7. The highest BCUT2D eigenvalue weighted by molar-refractivity contribution is 5.70. The highest BCUT2D eigenvalue weighted by Crippen LogP contribution is 2.17. The van der Waals surface area contributed by atoms with Crippen molar-refractivity contribution in [2.75, 3.05) is 19.8 Å². The predicted octanol–water partition coefficient (Wildman–Crippen LogP) is 21.8. The molecular formula is C67H120O5. The number of unbranched alkanes of at least 4 members (excludes halogenated alkanes) is 35. The van der Waals surface area contributed by atoms with Gasteiger partial charge in [0.2, 0.25) is 0 Å². The van der Waals surface area contributed by atoms with Crippen LogP contribution in [0.4, 0.5) is 0 Å². The second-order valence-corrected chi connectivity index (χ2v) is 20.9. The Morgan fingerprint density at radius 2 is 0.625 bits per heavy atom. The van der Waals surface area contributed by atoms with E-state index in [0.29, 0.717) is 25.9 Å². The van der Waals surface area contributed by atoms with Crippen LogP contribution in [0.15, 0.2) is 72.9 Å². The topological polar surface area (TPSA) is 61.8 Å². The lowest BCUT2D eigenvalue weighted by atomic mass is 10.0. The van der Waals surface area contributed by atoms with Gasteiger partial charge in [-0.25, -0.2) is 0 Å². The highest BCUT2D eigenvalue weighted by Gasteiger charge is 2.17. The van der Waals surface area contributed by atoms with E-state index in [9.17, 15) is 9.59 Å². The molecule has 0 heterocycles. The van der Waals surface area contributed by atoms with Crippen LogP contribution in [0.1, 0.15) is 316 Å². The van der Waals surface area contributed by atoms with Gasteiger partial charge in [0.1, 0.15) is 6.61 Å². The number of carbonyl (C=O) groups excluding carboxylic acids is 2. The quantitative estimate of drug-likeness (QED) is 0.0345. The van der Waals surface area contributed by atoms with E-state index in [0.717, 1.165) is 64.2 Å². The van der Waals surface area contributed by atoms with E-state index in [1.54, 1.807) is 0 Å². The summed E-state index contributed by atoms with van der Waals surface area (Å²) in [5.74, 6) is -0.476. The maximum Gasteiger partial charge on any atom is 0.306 e. The molecule has 418 valence electrons. The largest absolute Gasteiger partial charge is 0.462 e. The van der Waals surface area contributed by atoms with Crippen molar-refractivity contribution in [2.45, 2.75) is 322 Å². The van der Waals surface area contributed by atoms with Gasteiger partial charge in [0.15, 0.2) is 6.10 Å². The first-order valence-electron chi connectivity index (χ1n) is 31.5.